The molecule has 4 heteroatoms. The molecule has 1 aliphatic heterocycles. The Morgan fingerprint density at radius 2 is 2.19 bits per heavy atom. The lowest BCUT2D eigenvalue weighted by Gasteiger charge is -2.02. The van der Waals surface area contributed by atoms with Gasteiger partial charge in [-0.25, -0.2) is 4.79 Å². The number of carbonyl (C=O) groups excluding carboxylic acids is 1. The maximum absolute atomic E-state index is 11.5. The average Bonchev–Trinajstić information content (AvgIpc) is 2.51. The van der Waals surface area contributed by atoms with Crippen LogP contribution in [-0.2, 0) is 9.53 Å². The van der Waals surface area contributed by atoms with Gasteiger partial charge in [0.15, 0.2) is 5.71 Å². The van der Waals surface area contributed by atoms with E-state index in [1.807, 2.05) is 30.3 Å². The molecule has 0 saturated carbocycles. The van der Waals surface area contributed by atoms with Gasteiger partial charge in [0.2, 0.25) is 0 Å². The molecule has 2 rings (SSSR count). The van der Waals surface area contributed by atoms with Gasteiger partial charge in [0, 0.05) is 0 Å². The number of carbonyl (C=O) groups is 1. The summed E-state index contributed by atoms with van der Waals surface area (Å²) in [5.41, 5.74) is 4.98. The molecule has 1 heterocycles. The summed E-state index contributed by atoms with van der Waals surface area (Å²) in [4.78, 5) is 11.5. The van der Waals surface area contributed by atoms with Crippen LogP contribution < -0.4 is 5.43 Å². The van der Waals surface area contributed by atoms with E-state index in [2.05, 4.69) is 10.5 Å². The number of anilines is 1. The van der Waals surface area contributed by atoms with Crippen LogP contribution in [0.5, 0.6) is 0 Å². The number of hydrazone groups is 1. The largest absolute Gasteiger partial charge is 0.461 e. The zero-order valence-corrected chi connectivity index (χ0v) is 8.93. The van der Waals surface area contributed by atoms with E-state index in [-0.39, 0.29) is 5.71 Å². The molecule has 0 spiro atoms. The number of benzene rings is 1. The Morgan fingerprint density at radius 3 is 3.00 bits per heavy atom. The number of nitrogens with zero attached hydrogens (tertiary/aromatic N) is 1. The second-order valence-electron chi connectivity index (χ2n) is 3.25. The monoisotopic (exact) mass is 216 g/mol. The van der Waals surface area contributed by atoms with Crippen molar-refractivity contribution in [3.05, 3.63) is 35.9 Å². The third kappa shape index (κ3) is 2.11. The summed E-state index contributed by atoms with van der Waals surface area (Å²) in [6, 6.07) is 7.68. The first-order chi connectivity index (χ1) is 7.81. The lowest BCUT2D eigenvalue weighted by atomic mass is 10.1. The van der Waals surface area contributed by atoms with Crippen molar-refractivity contribution < 1.29 is 9.53 Å². The molecule has 16 heavy (non-hydrogen) atoms. The molecular formula is C12H12N2O2. The Balaban J connectivity index is 2.24. The molecule has 0 radical (unpaired) electrons. The van der Waals surface area contributed by atoms with Crippen molar-refractivity contribution in [3.8, 4) is 0 Å². The lowest BCUT2D eigenvalue weighted by molar-refractivity contribution is -0.134. The molecule has 82 valence electrons. The van der Waals surface area contributed by atoms with Crippen LogP contribution in [0.3, 0.4) is 0 Å². The first-order valence-corrected chi connectivity index (χ1v) is 5.09. The van der Waals surface area contributed by atoms with Crippen LogP contribution >= 0.6 is 0 Å². The van der Waals surface area contributed by atoms with Gasteiger partial charge in [-0.05, 0) is 24.6 Å². The maximum Gasteiger partial charge on any atom is 0.358 e. The number of hydrogen-bond acceptors (Lipinski definition) is 4. The highest BCUT2D eigenvalue weighted by Gasteiger charge is 2.12. The highest BCUT2D eigenvalue weighted by molar-refractivity contribution is 6.42. The fourth-order valence-electron chi connectivity index (χ4n) is 1.39. The normalized spacial score (nSPS) is 13.2. The summed E-state index contributed by atoms with van der Waals surface area (Å²) in [6.45, 7) is 2.11. The van der Waals surface area contributed by atoms with Gasteiger partial charge in [-0.2, -0.15) is 5.10 Å². The molecule has 0 amide bonds. The molecule has 0 aliphatic carbocycles. The van der Waals surface area contributed by atoms with Crippen LogP contribution in [0.2, 0.25) is 0 Å². The Morgan fingerprint density at radius 1 is 1.38 bits per heavy atom. The van der Waals surface area contributed by atoms with Gasteiger partial charge >= 0.3 is 5.97 Å². The van der Waals surface area contributed by atoms with Crippen molar-refractivity contribution in [2.45, 2.75) is 6.92 Å². The van der Waals surface area contributed by atoms with Gasteiger partial charge in [0.25, 0.3) is 0 Å². The quantitative estimate of drug-likeness (QED) is 0.770. The van der Waals surface area contributed by atoms with Crippen molar-refractivity contribution in [3.63, 3.8) is 0 Å². The van der Waals surface area contributed by atoms with E-state index in [4.69, 9.17) is 4.74 Å². The first kappa shape index (κ1) is 10.4. The molecule has 0 unspecified atom stereocenters. The zero-order valence-electron chi connectivity index (χ0n) is 8.93. The summed E-state index contributed by atoms with van der Waals surface area (Å²) < 4.78 is 4.87. The highest BCUT2D eigenvalue weighted by atomic mass is 16.5. The number of ether oxygens (including phenoxy) is 1. The van der Waals surface area contributed by atoms with Crippen LogP contribution in [0.25, 0.3) is 6.08 Å². The third-order valence-corrected chi connectivity index (χ3v) is 2.16. The first-order valence-electron chi connectivity index (χ1n) is 5.09. The highest BCUT2D eigenvalue weighted by Crippen LogP contribution is 2.18. The van der Waals surface area contributed by atoms with Crippen LogP contribution in [0.15, 0.2) is 35.4 Å². The van der Waals surface area contributed by atoms with Crippen molar-refractivity contribution in [1.29, 1.82) is 0 Å². The number of nitrogens with one attached hydrogen (secondary N) is 1. The summed E-state index contributed by atoms with van der Waals surface area (Å²) in [5.74, 6) is -0.418. The minimum atomic E-state index is -0.418. The molecule has 1 N–H and O–H groups in total. The van der Waals surface area contributed by atoms with E-state index in [0.29, 0.717) is 6.61 Å². The Bertz CT molecular complexity index is 464. The van der Waals surface area contributed by atoms with Crippen molar-refractivity contribution in [2.75, 3.05) is 12.0 Å². The van der Waals surface area contributed by atoms with E-state index in [1.54, 1.807) is 13.0 Å². The second-order valence-corrected chi connectivity index (χ2v) is 3.25. The Labute approximate surface area is 93.6 Å². The molecule has 0 saturated heterocycles. The van der Waals surface area contributed by atoms with Crippen molar-refractivity contribution in [1.82, 2.24) is 0 Å². The van der Waals surface area contributed by atoms with E-state index >= 15 is 0 Å². The Kier molecular flexibility index (Phi) is 3.00. The average molecular weight is 216 g/mol. The number of rotatable bonds is 2. The Hall–Kier alpha value is -2.10. The van der Waals surface area contributed by atoms with Gasteiger partial charge in [0.1, 0.15) is 0 Å². The molecule has 4 nitrogen and oxygen atoms in total. The number of esters is 1. The van der Waals surface area contributed by atoms with Crippen molar-refractivity contribution >= 4 is 23.4 Å². The van der Waals surface area contributed by atoms with E-state index < -0.39 is 5.97 Å². The van der Waals surface area contributed by atoms with E-state index in [0.717, 1.165) is 11.3 Å². The number of fused-ring (bicyclic) bond motifs is 1. The minimum Gasteiger partial charge on any atom is -0.461 e. The predicted octanol–water partition coefficient (Wildman–Crippen LogP) is 2.04. The molecule has 0 atom stereocenters. The molecular weight excluding hydrogens is 204 g/mol. The molecule has 1 aromatic rings. The van der Waals surface area contributed by atoms with Crippen molar-refractivity contribution in [2.24, 2.45) is 5.10 Å². The SMILES string of the molecule is CCOC(=O)C1=NNc2ccccc2C=C1. The zero-order chi connectivity index (χ0) is 11.4. The number of para-hydroxylation sites is 1. The topological polar surface area (TPSA) is 50.7 Å². The molecule has 1 aromatic carbocycles. The molecule has 0 bridgehead atoms. The van der Waals surface area contributed by atoms with Gasteiger partial charge in [-0.3, -0.25) is 5.43 Å². The van der Waals surface area contributed by atoms with Gasteiger partial charge in [-0.15, -0.1) is 0 Å². The van der Waals surface area contributed by atoms with Crippen LogP contribution in [0.4, 0.5) is 5.69 Å². The van der Waals surface area contributed by atoms with Crippen LogP contribution in [0.1, 0.15) is 12.5 Å². The van der Waals surface area contributed by atoms with Gasteiger partial charge in [-0.1, -0.05) is 24.3 Å². The van der Waals surface area contributed by atoms with Gasteiger partial charge in [0.05, 0.1) is 12.3 Å². The van der Waals surface area contributed by atoms with Gasteiger partial charge < -0.3 is 4.74 Å². The molecule has 1 aliphatic rings. The molecule has 0 fully saturated rings. The predicted molar refractivity (Wildman–Crippen MR) is 63.2 cm³/mol. The molecule has 0 aromatic heterocycles. The van der Waals surface area contributed by atoms with Crippen LogP contribution in [-0.4, -0.2) is 18.3 Å². The fraction of sp³-hybridized carbons (Fsp3) is 0.167. The van der Waals surface area contributed by atoms with E-state index in [1.165, 1.54) is 0 Å². The van der Waals surface area contributed by atoms with E-state index in [9.17, 15) is 4.79 Å². The van der Waals surface area contributed by atoms with Crippen LogP contribution in [0, 0.1) is 0 Å². The smallest absolute Gasteiger partial charge is 0.358 e. The third-order valence-electron chi connectivity index (χ3n) is 2.16. The summed E-state index contributed by atoms with van der Waals surface area (Å²) in [5, 5.41) is 3.99. The fourth-order valence-corrected chi connectivity index (χ4v) is 1.39. The lowest BCUT2D eigenvalue weighted by Crippen LogP contribution is -2.16. The summed E-state index contributed by atoms with van der Waals surface area (Å²) >= 11 is 0. The summed E-state index contributed by atoms with van der Waals surface area (Å²) in [7, 11) is 0. The second kappa shape index (κ2) is 4.61. The summed E-state index contributed by atoms with van der Waals surface area (Å²) in [6.07, 6.45) is 3.49. The number of hydrogen-bond donors (Lipinski definition) is 1. The minimum absolute atomic E-state index is 0.276. The maximum atomic E-state index is 11.5. The standard InChI is InChI=1S/C12H12N2O2/c1-2-16-12(15)11-8-7-9-5-3-4-6-10(9)13-14-11/h3-8,13H,2H2,1H3.